The molecule has 3 rings (SSSR count). The highest BCUT2D eigenvalue weighted by Gasteiger charge is 2.49. The number of piperidine rings is 1. The van der Waals surface area contributed by atoms with Crippen molar-refractivity contribution < 1.29 is 9.53 Å². The van der Waals surface area contributed by atoms with E-state index in [0.717, 1.165) is 39.0 Å². The number of ether oxygens (including phenoxy) is 1. The SMILES string of the molecule is COCC1(C(=O)NCCN2CCC(c3ccccc3)CC2)CC1. The Balaban J connectivity index is 1.36. The van der Waals surface area contributed by atoms with Crippen LogP contribution in [0.2, 0.25) is 0 Å². The minimum absolute atomic E-state index is 0.179. The predicted molar refractivity (Wildman–Crippen MR) is 91.4 cm³/mol. The average molecular weight is 316 g/mol. The van der Waals surface area contributed by atoms with Gasteiger partial charge in [0.05, 0.1) is 12.0 Å². The second-order valence-electron chi connectivity index (χ2n) is 7.00. The van der Waals surface area contributed by atoms with Crippen LogP contribution in [0.1, 0.15) is 37.2 Å². The molecule has 23 heavy (non-hydrogen) atoms. The summed E-state index contributed by atoms with van der Waals surface area (Å²) in [6.45, 7) is 4.51. The van der Waals surface area contributed by atoms with Crippen LogP contribution in [0, 0.1) is 5.41 Å². The van der Waals surface area contributed by atoms with Crippen molar-refractivity contribution in [2.45, 2.75) is 31.6 Å². The molecule has 0 radical (unpaired) electrons. The molecular formula is C19H28N2O2. The van der Waals surface area contributed by atoms with Crippen LogP contribution < -0.4 is 5.32 Å². The van der Waals surface area contributed by atoms with Crippen molar-refractivity contribution in [3.8, 4) is 0 Å². The molecule has 1 aliphatic carbocycles. The van der Waals surface area contributed by atoms with E-state index in [4.69, 9.17) is 4.74 Å². The quantitative estimate of drug-likeness (QED) is 0.840. The van der Waals surface area contributed by atoms with Gasteiger partial charge in [0.1, 0.15) is 0 Å². The molecule has 1 heterocycles. The Labute approximate surface area is 139 Å². The highest BCUT2D eigenvalue weighted by atomic mass is 16.5. The molecule has 1 N–H and O–H groups in total. The minimum atomic E-state index is -0.213. The number of rotatable bonds is 7. The van der Waals surface area contributed by atoms with Gasteiger partial charge in [-0.2, -0.15) is 0 Å². The summed E-state index contributed by atoms with van der Waals surface area (Å²) in [5.74, 6) is 0.872. The summed E-state index contributed by atoms with van der Waals surface area (Å²) in [7, 11) is 1.67. The Kier molecular flexibility index (Phi) is 5.34. The number of carbonyl (C=O) groups excluding carboxylic acids is 1. The summed E-state index contributed by atoms with van der Waals surface area (Å²) in [5, 5.41) is 3.10. The molecule has 2 fully saturated rings. The smallest absolute Gasteiger partial charge is 0.228 e. The van der Waals surface area contributed by atoms with E-state index < -0.39 is 0 Å². The fourth-order valence-electron chi connectivity index (χ4n) is 3.59. The maximum atomic E-state index is 12.2. The molecule has 0 aromatic heterocycles. The number of benzene rings is 1. The Bertz CT molecular complexity index is 505. The predicted octanol–water partition coefficient (Wildman–Crippen LogP) is 2.41. The molecule has 1 saturated carbocycles. The zero-order chi connectivity index (χ0) is 16.1. The lowest BCUT2D eigenvalue weighted by atomic mass is 9.89. The zero-order valence-electron chi connectivity index (χ0n) is 14.1. The van der Waals surface area contributed by atoms with Gasteiger partial charge in [0.25, 0.3) is 0 Å². The lowest BCUT2D eigenvalue weighted by Gasteiger charge is -2.32. The summed E-state index contributed by atoms with van der Waals surface area (Å²) < 4.78 is 5.17. The van der Waals surface area contributed by atoms with Gasteiger partial charge in [-0.1, -0.05) is 30.3 Å². The first kappa shape index (κ1) is 16.5. The van der Waals surface area contributed by atoms with Gasteiger partial charge in [-0.3, -0.25) is 4.79 Å². The van der Waals surface area contributed by atoms with E-state index in [2.05, 4.69) is 40.5 Å². The van der Waals surface area contributed by atoms with E-state index in [9.17, 15) is 4.79 Å². The molecule has 0 spiro atoms. The number of hydrogen-bond acceptors (Lipinski definition) is 3. The molecule has 1 aliphatic heterocycles. The van der Waals surface area contributed by atoms with Gasteiger partial charge in [0, 0.05) is 20.2 Å². The standard InChI is InChI=1S/C19H28N2O2/c1-23-15-19(9-10-19)18(22)20-11-14-21-12-7-17(8-13-21)16-5-3-2-4-6-16/h2-6,17H,7-15H2,1H3,(H,20,22). The second kappa shape index (κ2) is 7.45. The van der Waals surface area contributed by atoms with Crippen molar-refractivity contribution in [2.75, 3.05) is 39.9 Å². The Morgan fingerprint density at radius 2 is 1.96 bits per heavy atom. The molecule has 4 heteroatoms. The van der Waals surface area contributed by atoms with Gasteiger partial charge >= 0.3 is 0 Å². The molecular weight excluding hydrogens is 288 g/mol. The van der Waals surface area contributed by atoms with Crippen LogP contribution in [-0.4, -0.2) is 50.7 Å². The maximum absolute atomic E-state index is 12.2. The van der Waals surface area contributed by atoms with Crippen molar-refractivity contribution in [3.63, 3.8) is 0 Å². The molecule has 1 aromatic carbocycles. The minimum Gasteiger partial charge on any atom is -0.384 e. The molecule has 1 saturated heterocycles. The monoisotopic (exact) mass is 316 g/mol. The summed E-state index contributed by atoms with van der Waals surface area (Å²) in [4.78, 5) is 14.7. The second-order valence-corrected chi connectivity index (χ2v) is 7.00. The third kappa shape index (κ3) is 4.12. The first-order valence-electron chi connectivity index (χ1n) is 8.78. The number of hydrogen-bond donors (Lipinski definition) is 1. The van der Waals surface area contributed by atoms with Crippen molar-refractivity contribution in [1.29, 1.82) is 0 Å². The van der Waals surface area contributed by atoms with E-state index in [0.29, 0.717) is 12.5 Å². The van der Waals surface area contributed by atoms with Crippen LogP contribution in [0.15, 0.2) is 30.3 Å². The van der Waals surface area contributed by atoms with Crippen LogP contribution in [0.4, 0.5) is 0 Å². The largest absolute Gasteiger partial charge is 0.384 e. The van der Waals surface area contributed by atoms with Gasteiger partial charge in [0.2, 0.25) is 5.91 Å². The fourth-order valence-corrected chi connectivity index (χ4v) is 3.59. The third-order valence-electron chi connectivity index (χ3n) is 5.33. The molecule has 2 aliphatic rings. The van der Waals surface area contributed by atoms with Gasteiger partial charge in [0.15, 0.2) is 0 Å². The summed E-state index contributed by atoms with van der Waals surface area (Å²) in [6.07, 6.45) is 4.36. The van der Waals surface area contributed by atoms with E-state index in [1.54, 1.807) is 7.11 Å². The Hall–Kier alpha value is -1.39. The molecule has 4 nitrogen and oxygen atoms in total. The number of likely N-dealkylation sites (tertiary alicyclic amines) is 1. The van der Waals surface area contributed by atoms with Crippen LogP contribution in [-0.2, 0) is 9.53 Å². The summed E-state index contributed by atoms with van der Waals surface area (Å²) >= 11 is 0. The average Bonchev–Trinajstić information content (AvgIpc) is 3.37. The molecule has 0 bridgehead atoms. The van der Waals surface area contributed by atoms with Gasteiger partial charge in [-0.25, -0.2) is 0 Å². The molecule has 1 amide bonds. The number of nitrogens with zero attached hydrogens (tertiary/aromatic N) is 1. The van der Waals surface area contributed by atoms with E-state index in [-0.39, 0.29) is 11.3 Å². The van der Waals surface area contributed by atoms with Crippen molar-refractivity contribution in [2.24, 2.45) is 5.41 Å². The number of carbonyl (C=O) groups is 1. The van der Waals surface area contributed by atoms with Crippen LogP contribution in [0.25, 0.3) is 0 Å². The van der Waals surface area contributed by atoms with Crippen molar-refractivity contribution >= 4 is 5.91 Å². The molecule has 0 unspecified atom stereocenters. The van der Waals surface area contributed by atoms with E-state index >= 15 is 0 Å². The Morgan fingerprint density at radius 3 is 2.57 bits per heavy atom. The number of methoxy groups -OCH3 is 1. The van der Waals surface area contributed by atoms with Crippen molar-refractivity contribution in [3.05, 3.63) is 35.9 Å². The van der Waals surface area contributed by atoms with E-state index in [1.807, 2.05) is 0 Å². The lowest BCUT2D eigenvalue weighted by molar-refractivity contribution is -0.128. The summed E-state index contributed by atoms with van der Waals surface area (Å²) in [5.41, 5.74) is 1.25. The van der Waals surface area contributed by atoms with E-state index in [1.165, 1.54) is 18.4 Å². The molecule has 1 aromatic rings. The normalized spacial score (nSPS) is 21.1. The van der Waals surface area contributed by atoms with Gasteiger partial charge < -0.3 is 15.0 Å². The van der Waals surface area contributed by atoms with Gasteiger partial charge in [-0.15, -0.1) is 0 Å². The van der Waals surface area contributed by atoms with Crippen LogP contribution >= 0.6 is 0 Å². The first-order valence-corrected chi connectivity index (χ1v) is 8.78. The highest BCUT2D eigenvalue weighted by molar-refractivity contribution is 5.85. The Morgan fingerprint density at radius 1 is 1.26 bits per heavy atom. The first-order chi connectivity index (χ1) is 11.2. The zero-order valence-corrected chi connectivity index (χ0v) is 14.1. The lowest BCUT2D eigenvalue weighted by Crippen LogP contribution is -2.42. The molecule has 126 valence electrons. The fraction of sp³-hybridized carbons (Fsp3) is 0.632. The van der Waals surface area contributed by atoms with Crippen LogP contribution in [0.3, 0.4) is 0 Å². The molecule has 0 atom stereocenters. The van der Waals surface area contributed by atoms with Gasteiger partial charge in [-0.05, 0) is 50.3 Å². The summed E-state index contributed by atoms with van der Waals surface area (Å²) in [6, 6.07) is 10.8. The maximum Gasteiger partial charge on any atom is 0.228 e. The number of amides is 1. The van der Waals surface area contributed by atoms with Crippen LogP contribution in [0.5, 0.6) is 0 Å². The topological polar surface area (TPSA) is 41.6 Å². The highest BCUT2D eigenvalue weighted by Crippen LogP contribution is 2.45. The number of nitrogens with one attached hydrogen (secondary N) is 1. The van der Waals surface area contributed by atoms with Crippen molar-refractivity contribution in [1.82, 2.24) is 10.2 Å². The third-order valence-corrected chi connectivity index (χ3v) is 5.33.